The summed E-state index contributed by atoms with van der Waals surface area (Å²) < 4.78 is 28.1. The Morgan fingerprint density at radius 2 is 1.58 bits per heavy atom. The lowest BCUT2D eigenvalue weighted by Gasteiger charge is -2.28. The molecule has 0 aliphatic carbocycles. The maximum absolute atomic E-state index is 13.5. The molecule has 0 atom stereocenters. The predicted octanol–water partition coefficient (Wildman–Crippen LogP) is 4.81. The van der Waals surface area contributed by atoms with Crippen molar-refractivity contribution in [2.24, 2.45) is 0 Å². The van der Waals surface area contributed by atoms with E-state index in [0.29, 0.717) is 17.3 Å². The zero-order valence-electron chi connectivity index (χ0n) is 17.7. The summed E-state index contributed by atoms with van der Waals surface area (Å²) in [6, 6.07) is 20.9. The molecule has 5 nitrogen and oxygen atoms in total. The topological polar surface area (TPSA) is 57.7 Å². The number of rotatable bonds is 7. The molecule has 0 fully saturated rings. The molecule has 0 aliphatic rings. The normalized spacial score (nSPS) is 11.2. The molecule has 0 aliphatic heterocycles. The van der Waals surface area contributed by atoms with Crippen molar-refractivity contribution in [1.29, 1.82) is 0 Å². The number of likely N-dealkylation sites (N-methyl/N-ethyl adjacent to an activating group) is 1. The quantitative estimate of drug-likeness (QED) is 0.512. The number of carbonyl (C=O) groups is 1. The van der Waals surface area contributed by atoms with E-state index in [0.717, 1.165) is 16.7 Å². The largest absolute Gasteiger partial charge is 0.340 e. The molecule has 0 aromatic heterocycles. The van der Waals surface area contributed by atoms with Gasteiger partial charge in [-0.05, 0) is 55.3 Å². The van der Waals surface area contributed by atoms with Gasteiger partial charge in [-0.2, -0.15) is 0 Å². The van der Waals surface area contributed by atoms with Crippen LogP contribution in [-0.4, -0.2) is 32.8 Å². The van der Waals surface area contributed by atoms with E-state index in [9.17, 15) is 13.2 Å². The number of amides is 1. The van der Waals surface area contributed by atoms with Gasteiger partial charge in [0, 0.05) is 18.6 Å². The number of hydrogen-bond donors (Lipinski definition) is 0. The van der Waals surface area contributed by atoms with Crippen molar-refractivity contribution in [2.45, 2.75) is 25.3 Å². The third-order valence-corrected chi connectivity index (χ3v) is 7.02. The molecule has 0 N–H and O–H groups in total. The zero-order chi connectivity index (χ0) is 22.6. The Labute approximate surface area is 188 Å². The van der Waals surface area contributed by atoms with Crippen LogP contribution in [0.25, 0.3) is 0 Å². The second-order valence-electron chi connectivity index (χ2n) is 7.49. The summed E-state index contributed by atoms with van der Waals surface area (Å²) >= 11 is 5.93. The van der Waals surface area contributed by atoms with Crippen LogP contribution in [-0.2, 0) is 21.4 Å². The van der Waals surface area contributed by atoms with Crippen molar-refractivity contribution in [1.82, 2.24) is 4.90 Å². The molecule has 3 aromatic carbocycles. The second-order valence-corrected chi connectivity index (χ2v) is 9.79. The molecule has 7 heteroatoms. The molecule has 0 radical (unpaired) electrons. The summed E-state index contributed by atoms with van der Waals surface area (Å²) in [6.45, 7) is 3.84. The minimum absolute atomic E-state index is 0.142. The Balaban J connectivity index is 1.92. The van der Waals surface area contributed by atoms with E-state index in [1.54, 1.807) is 43.4 Å². The van der Waals surface area contributed by atoms with E-state index in [4.69, 9.17) is 11.6 Å². The maximum atomic E-state index is 13.5. The first-order chi connectivity index (χ1) is 14.7. The van der Waals surface area contributed by atoms with Gasteiger partial charge in [0.25, 0.3) is 10.0 Å². The molecule has 0 heterocycles. The van der Waals surface area contributed by atoms with E-state index >= 15 is 0 Å². The molecular formula is C24H25ClN2O3S. The van der Waals surface area contributed by atoms with Crippen LogP contribution in [0.1, 0.15) is 16.7 Å². The van der Waals surface area contributed by atoms with Gasteiger partial charge >= 0.3 is 0 Å². The minimum Gasteiger partial charge on any atom is -0.340 e. The highest BCUT2D eigenvalue weighted by molar-refractivity contribution is 7.92. The van der Waals surface area contributed by atoms with Crippen LogP contribution in [0.5, 0.6) is 0 Å². The molecule has 0 saturated heterocycles. The summed E-state index contributed by atoms with van der Waals surface area (Å²) in [5, 5.41) is 0.618. The van der Waals surface area contributed by atoms with Crippen molar-refractivity contribution >= 4 is 33.2 Å². The Bertz CT molecular complexity index is 1160. The number of benzene rings is 3. The third-order valence-electron chi connectivity index (χ3n) is 4.99. The fourth-order valence-corrected chi connectivity index (χ4v) is 4.93. The van der Waals surface area contributed by atoms with Crippen LogP contribution >= 0.6 is 11.6 Å². The fourth-order valence-electron chi connectivity index (χ4n) is 3.30. The van der Waals surface area contributed by atoms with Gasteiger partial charge < -0.3 is 4.90 Å². The number of aryl methyl sites for hydroxylation is 2. The molecular weight excluding hydrogens is 432 g/mol. The molecule has 0 spiro atoms. The van der Waals surface area contributed by atoms with Crippen LogP contribution in [0.3, 0.4) is 0 Å². The average molecular weight is 457 g/mol. The summed E-state index contributed by atoms with van der Waals surface area (Å²) in [6.07, 6.45) is 0. The van der Waals surface area contributed by atoms with Crippen molar-refractivity contribution < 1.29 is 13.2 Å². The highest BCUT2D eigenvalue weighted by Gasteiger charge is 2.29. The average Bonchev–Trinajstić information content (AvgIpc) is 2.74. The van der Waals surface area contributed by atoms with Crippen LogP contribution in [0, 0.1) is 13.8 Å². The lowest BCUT2D eigenvalue weighted by atomic mass is 10.1. The molecule has 1 amide bonds. The standard InChI is InChI=1S/C24H25ClN2O3S/c1-18-9-14-23(19(2)15-18)27(31(29,30)22-7-5-4-6-8-22)17-24(28)26(3)16-20-10-12-21(25)13-11-20/h4-15H,16-17H2,1-3H3. The van der Waals surface area contributed by atoms with Gasteiger partial charge in [0.2, 0.25) is 5.91 Å². The first kappa shape index (κ1) is 22.8. The lowest BCUT2D eigenvalue weighted by molar-refractivity contribution is -0.128. The summed E-state index contributed by atoms with van der Waals surface area (Å²) in [7, 11) is -2.27. The molecule has 3 aromatic rings. The van der Waals surface area contributed by atoms with Gasteiger partial charge in [0.15, 0.2) is 0 Å². The van der Waals surface area contributed by atoms with Crippen LogP contribution in [0.4, 0.5) is 5.69 Å². The maximum Gasteiger partial charge on any atom is 0.264 e. The number of nitrogens with zero attached hydrogens (tertiary/aromatic N) is 2. The van der Waals surface area contributed by atoms with Gasteiger partial charge in [0.05, 0.1) is 10.6 Å². The summed E-state index contributed by atoms with van der Waals surface area (Å²) in [4.78, 5) is 14.7. The zero-order valence-corrected chi connectivity index (χ0v) is 19.3. The van der Waals surface area contributed by atoms with Crippen molar-refractivity contribution in [2.75, 3.05) is 17.9 Å². The van der Waals surface area contributed by atoms with E-state index < -0.39 is 10.0 Å². The van der Waals surface area contributed by atoms with Gasteiger partial charge in [-0.15, -0.1) is 0 Å². The van der Waals surface area contributed by atoms with E-state index in [-0.39, 0.29) is 17.3 Å². The lowest BCUT2D eigenvalue weighted by Crippen LogP contribution is -2.41. The predicted molar refractivity (Wildman–Crippen MR) is 125 cm³/mol. The Morgan fingerprint density at radius 1 is 0.935 bits per heavy atom. The Kier molecular flexibility index (Phi) is 7.03. The molecule has 0 saturated carbocycles. The molecule has 0 unspecified atom stereocenters. The van der Waals surface area contributed by atoms with Crippen molar-refractivity contribution in [3.8, 4) is 0 Å². The molecule has 162 valence electrons. The fraction of sp³-hybridized carbons (Fsp3) is 0.208. The van der Waals surface area contributed by atoms with E-state index in [2.05, 4.69) is 0 Å². The third kappa shape index (κ3) is 5.46. The number of halogens is 1. The highest BCUT2D eigenvalue weighted by atomic mass is 35.5. The second kappa shape index (κ2) is 9.54. The summed E-state index contributed by atoms with van der Waals surface area (Å²) in [5.41, 5.74) is 3.20. The molecule has 3 rings (SSSR count). The first-order valence-corrected chi connectivity index (χ1v) is 11.6. The monoisotopic (exact) mass is 456 g/mol. The number of carbonyl (C=O) groups excluding carboxylic acids is 1. The minimum atomic E-state index is -3.93. The Morgan fingerprint density at radius 3 is 2.19 bits per heavy atom. The van der Waals surface area contributed by atoms with Crippen LogP contribution in [0.15, 0.2) is 77.7 Å². The van der Waals surface area contributed by atoms with Crippen molar-refractivity contribution in [3.05, 3.63) is 94.5 Å². The van der Waals surface area contributed by atoms with Gasteiger partial charge in [-0.1, -0.05) is 59.6 Å². The van der Waals surface area contributed by atoms with E-state index in [1.807, 2.05) is 38.1 Å². The number of sulfonamides is 1. The Hall–Kier alpha value is -2.83. The molecule has 31 heavy (non-hydrogen) atoms. The van der Waals surface area contributed by atoms with Gasteiger partial charge in [-0.3, -0.25) is 9.10 Å². The first-order valence-electron chi connectivity index (χ1n) is 9.82. The van der Waals surface area contributed by atoms with Gasteiger partial charge in [0.1, 0.15) is 6.54 Å². The van der Waals surface area contributed by atoms with E-state index in [1.165, 1.54) is 21.3 Å². The number of hydrogen-bond acceptors (Lipinski definition) is 3. The van der Waals surface area contributed by atoms with Crippen molar-refractivity contribution in [3.63, 3.8) is 0 Å². The SMILES string of the molecule is Cc1ccc(N(CC(=O)N(C)Cc2ccc(Cl)cc2)S(=O)(=O)c2ccccc2)c(C)c1. The number of anilines is 1. The van der Waals surface area contributed by atoms with Crippen LogP contribution in [0.2, 0.25) is 5.02 Å². The summed E-state index contributed by atoms with van der Waals surface area (Å²) in [5.74, 6) is -0.311. The van der Waals surface area contributed by atoms with Crippen LogP contribution < -0.4 is 4.31 Å². The van der Waals surface area contributed by atoms with Gasteiger partial charge in [-0.25, -0.2) is 8.42 Å². The highest BCUT2D eigenvalue weighted by Crippen LogP contribution is 2.27. The molecule has 0 bridgehead atoms. The smallest absolute Gasteiger partial charge is 0.264 e.